The number of nitrogens with one attached hydrogen (secondary N) is 1. The zero-order valence-corrected chi connectivity index (χ0v) is 12.5. The SMILES string of the molecule is Cc1cc(CNc2ccc(N(C)C)cc2C)ccc1F. The number of aryl methyl sites for hydroxylation is 2. The molecule has 0 aliphatic rings. The topological polar surface area (TPSA) is 15.3 Å². The number of benzene rings is 2. The Labute approximate surface area is 120 Å². The molecular formula is C17H21FN2. The fraction of sp³-hybridized carbons (Fsp3) is 0.294. The molecule has 3 heteroatoms. The van der Waals surface area contributed by atoms with Crippen molar-refractivity contribution in [2.24, 2.45) is 0 Å². The highest BCUT2D eigenvalue weighted by molar-refractivity contribution is 5.59. The summed E-state index contributed by atoms with van der Waals surface area (Å²) in [6.45, 7) is 4.57. The van der Waals surface area contributed by atoms with Crippen LogP contribution in [0.5, 0.6) is 0 Å². The summed E-state index contributed by atoms with van der Waals surface area (Å²) in [7, 11) is 4.06. The van der Waals surface area contributed by atoms with Crippen LogP contribution in [0.4, 0.5) is 15.8 Å². The second-order valence-corrected chi connectivity index (χ2v) is 5.33. The highest BCUT2D eigenvalue weighted by Gasteiger charge is 2.03. The average Bonchev–Trinajstić information content (AvgIpc) is 2.41. The Morgan fingerprint density at radius 1 is 1.00 bits per heavy atom. The number of anilines is 2. The van der Waals surface area contributed by atoms with E-state index in [0.29, 0.717) is 12.1 Å². The smallest absolute Gasteiger partial charge is 0.126 e. The normalized spacial score (nSPS) is 10.4. The average molecular weight is 272 g/mol. The highest BCUT2D eigenvalue weighted by atomic mass is 19.1. The molecule has 0 fully saturated rings. The molecule has 106 valence electrons. The van der Waals surface area contributed by atoms with E-state index in [2.05, 4.69) is 35.3 Å². The second kappa shape index (κ2) is 5.95. The van der Waals surface area contributed by atoms with Crippen molar-refractivity contribution in [3.05, 3.63) is 58.9 Å². The Balaban J connectivity index is 2.09. The van der Waals surface area contributed by atoms with Gasteiger partial charge in [0.1, 0.15) is 5.82 Å². The zero-order chi connectivity index (χ0) is 14.7. The van der Waals surface area contributed by atoms with Crippen LogP contribution in [0.25, 0.3) is 0 Å². The second-order valence-electron chi connectivity index (χ2n) is 5.33. The molecule has 1 N–H and O–H groups in total. The predicted molar refractivity (Wildman–Crippen MR) is 84.0 cm³/mol. The van der Waals surface area contributed by atoms with Crippen molar-refractivity contribution < 1.29 is 4.39 Å². The molecule has 0 atom stereocenters. The molecule has 0 saturated carbocycles. The number of rotatable bonds is 4. The Kier molecular flexibility index (Phi) is 4.28. The quantitative estimate of drug-likeness (QED) is 0.900. The molecule has 0 unspecified atom stereocenters. The first-order valence-corrected chi connectivity index (χ1v) is 6.74. The Hall–Kier alpha value is -2.03. The van der Waals surface area contributed by atoms with Gasteiger partial charge in [0, 0.05) is 32.0 Å². The van der Waals surface area contributed by atoms with E-state index in [9.17, 15) is 4.39 Å². The van der Waals surface area contributed by atoms with Gasteiger partial charge in [-0.25, -0.2) is 4.39 Å². The molecule has 0 aliphatic carbocycles. The molecular weight excluding hydrogens is 251 g/mol. The summed E-state index contributed by atoms with van der Waals surface area (Å²) in [4.78, 5) is 2.08. The van der Waals surface area contributed by atoms with Gasteiger partial charge in [0.2, 0.25) is 0 Å². The van der Waals surface area contributed by atoms with Gasteiger partial charge in [-0.2, -0.15) is 0 Å². The molecule has 0 heterocycles. The van der Waals surface area contributed by atoms with E-state index in [0.717, 1.165) is 11.3 Å². The summed E-state index contributed by atoms with van der Waals surface area (Å²) < 4.78 is 13.2. The van der Waals surface area contributed by atoms with Crippen LogP contribution < -0.4 is 10.2 Å². The summed E-state index contributed by atoms with van der Waals surface area (Å²) in [5.41, 5.74) is 5.27. The van der Waals surface area contributed by atoms with Gasteiger partial charge in [0.25, 0.3) is 0 Å². The molecule has 0 saturated heterocycles. The van der Waals surface area contributed by atoms with Gasteiger partial charge in [-0.3, -0.25) is 0 Å². The van der Waals surface area contributed by atoms with Crippen LogP contribution in [0.2, 0.25) is 0 Å². The van der Waals surface area contributed by atoms with Crippen LogP contribution in [-0.2, 0) is 6.54 Å². The van der Waals surface area contributed by atoms with E-state index in [1.165, 1.54) is 17.3 Å². The Bertz CT molecular complexity index is 606. The van der Waals surface area contributed by atoms with Gasteiger partial charge in [-0.1, -0.05) is 12.1 Å². The molecule has 2 aromatic carbocycles. The zero-order valence-electron chi connectivity index (χ0n) is 12.5. The number of halogens is 1. The number of hydrogen-bond acceptors (Lipinski definition) is 2. The highest BCUT2D eigenvalue weighted by Crippen LogP contribution is 2.22. The van der Waals surface area contributed by atoms with Crippen LogP contribution in [0.1, 0.15) is 16.7 Å². The third kappa shape index (κ3) is 3.29. The molecule has 0 radical (unpaired) electrons. The molecule has 0 bridgehead atoms. The standard InChI is InChI=1S/C17H21FN2/c1-12-9-14(5-7-16(12)18)11-19-17-8-6-15(20(3)4)10-13(17)2/h5-10,19H,11H2,1-4H3. The van der Waals surface area contributed by atoms with Crippen LogP contribution in [-0.4, -0.2) is 14.1 Å². The predicted octanol–water partition coefficient (Wildman–Crippen LogP) is 4.12. The molecule has 0 spiro atoms. The minimum absolute atomic E-state index is 0.153. The summed E-state index contributed by atoms with van der Waals surface area (Å²) >= 11 is 0. The van der Waals surface area contributed by atoms with E-state index >= 15 is 0 Å². The first-order valence-electron chi connectivity index (χ1n) is 6.74. The van der Waals surface area contributed by atoms with Crippen LogP contribution in [0.15, 0.2) is 36.4 Å². The van der Waals surface area contributed by atoms with Crippen molar-refractivity contribution in [1.82, 2.24) is 0 Å². The maximum atomic E-state index is 13.2. The summed E-state index contributed by atoms with van der Waals surface area (Å²) in [6.07, 6.45) is 0. The third-order valence-corrected chi connectivity index (χ3v) is 3.43. The molecule has 0 aromatic heterocycles. The van der Waals surface area contributed by atoms with Gasteiger partial charge in [0.15, 0.2) is 0 Å². The monoisotopic (exact) mass is 272 g/mol. The van der Waals surface area contributed by atoms with Crippen molar-refractivity contribution in [2.75, 3.05) is 24.3 Å². The van der Waals surface area contributed by atoms with Crippen LogP contribution in [0.3, 0.4) is 0 Å². The van der Waals surface area contributed by atoms with Gasteiger partial charge in [-0.05, 0) is 54.8 Å². The van der Waals surface area contributed by atoms with Gasteiger partial charge >= 0.3 is 0 Å². The van der Waals surface area contributed by atoms with E-state index in [4.69, 9.17) is 0 Å². The van der Waals surface area contributed by atoms with Crippen molar-refractivity contribution in [3.63, 3.8) is 0 Å². The summed E-state index contributed by atoms with van der Waals surface area (Å²) in [5, 5.41) is 3.40. The first kappa shape index (κ1) is 14.4. The van der Waals surface area contributed by atoms with Gasteiger partial charge in [0.05, 0.1) is 0 Å². The van der Waals surface area contributed by atoms with Crippen molar-refractivity contribution >= 4 is 11.4 Å². The lowest BCUT2D eigenvalue weighted by atomic mass is 10.1. The fourth-order valence-corrected chi connectivity index (χ4v) is 2.14. The van der Waals surface area contributed by atoms with Gasteiger partial charge < -0.3 is 10.2 Å². The molecule has 2 aromatic rings. The van der Waals surface area contributed by atoms with Crippen LogP contribution >= 0.6 is 0 Å². The molecule has 0 aliphatic heterocycles. The van der Waals surface area contributed by atoms with Crippen molar-refractivity contribution in [1.29, 1.82) is 0 Å². The third-order valence-electron chi connectivity index (χ3n) is 3.43. The molecule has 2 nitrogen and oxygen atoms in total. The van der Waals surface area contributed by atoms with Crippen molar-refractivity contribution in [2.45, 2.75) is 20.4 Å². The van der Waals surface area contributed by atoms with E-state index in [1.54, 1.807) is 6.92 Å². The van der Waals surface area contributed by atoms with Gasteiger partial charge in [-0.15, -0.1) is 0 Å². The van der Waals surface area contributed by atoms with E-state index in [-0.39, 0.29) is 5.82 Å². The Morgan fingerprint density at radius 3 is 2.35 bits per heavy atom. The lowest BCUT2D eigenvalue weighted by Crippen LogP contribution is -2.09. The molecule has 2 rings (SSSR count). The lowest BCUT2D eigenvalue weighted by Gasteiger charge is -2.16. The Morgan fingerprint density at radius 2 is 1.75 bits per heavy atom. The molecule has 20 heavy (non-hydrogen) atoms. The largest absolute Gasteiger partial charge is 0.381 e. The summed E-state index contributed by atoms with van der Waals surface area (Å²) in [6, 6.07) is 11.5. The fourth-order valence-electron chi connectivity index (χ4n) is 2.14. The maximum Gasteiger partial charge on any atom is 0.126 e. The van der Waals surface area contributed by atoms with E-state index in [1.807, 2.05) is 26.2 Å². The maximum absolute atomic E-state index is 13.2. The van der Waals surface area contributed by atoms with Crippen molar-refractivity contribution in [3.8, 4) is 0 Å². The van der Waals surface area contributed by atoms with E-state index < -0.39 is 0 Å². The first-order chi connectivity index (χ1) is 9.47. The summed E-state index contributed by atoms with van der Waals surface area (Å²) in [5.74, 6) is -0.153. The molecule has 0 amide bonds. The lowest BCUT2D eigenvalue weighted by molar-refractivity contribution is 0.617. The van der Waals surface area contributed by atoms with Crippen LogP contribution in [0, 0.1) is 19.7 Å². The minimum atomic E-state index is -0.153. The number of nitrogens with zero attached hydrogens (tertiary/aromatic N) is 1. The minimum Gasteiger partial charge on any atom is -0.381 e. The number of hydrogen-bond donors (Lipinski definition) is 1.